The monoisotopic (exact) mass is 186 g/mol. The number of alkyl halides is 1. The summed E-state index contributed by atoms with van der Waals surface area (Å²) in [6, 6.07) is 0. The first-order valence-electron chi connectivity index (χ1n) is 4.13. The quantitative estimate of drug-likeness (QED) is 0.677. The standard InChI is InChI=1S/C8H11ClN2O/c1-8(3-4-8)7-11-10-6(12-7)2-5-9/h2-5H2,1H3. The van der Waals surface area contributed by atoms with E-state index in [0.29, 0.717) is 18.2 Å². The van der Waals surface area contributed by atoms with Gasteiger partial charge < -0.3 is 4.42 Å². The van der Waals surface area contributed by atoms with Gasteiger partial charge in [-0.3, -0.25) is 0 Å². The topological polar surface area (TPSA) is 38.9 Å². The van der Waals surface area contributed by atoms with Crippen molar-refractivity contribution in [3.8, 4) is 0 Å². The molecule has 0 N–H and O–H groups in total. The van der Waals surface area contributed by atoms with Crippen LogP contribution >= 0.6 is 11.6 Å². The fraction of sp³-hybridized carbons (Fsp3) is 0.750. The first-order valence-corrected chi connectivity index (χ1v) is 4.67. The number of hydrogen-bond donors (Lipinski definition) is 0. The maximum absolute atomic E-state index is 5.55. The molecular formula is C8H11ClN2O. The van der Waals surface area contributed by atoms with Gasteiger partial charge in [0.2, 0.25) is 11.8 Å². The van der Waals surface area contributed by atoms with Crippen LogP contribution in [0, 0.1) is 0 Å². The second-order valence-corrected chi connectivity index (χ2v) is 3.88. The van der Waals surface area contributed by atoms with Crippen molar-refractivity contribution in [1.29, 1.82) is 0 Å². The summed E-state index contributed by atoms with van der Waals surface area (Å²) in [6.07, 6.45) is 3.00. The highest BCUT2D eigenvalue weighted by Gasteiger charge is 2.44. The van der Waals surface area contributed by atoms with Crippen molar-refractivity contribution < 1.29 is 4.42 Å². The molecule has 1 fully saturated rings. The van der Waals surface area contributed by atoms with E-state index >= 15 is 0 Å². The first-order chi connectivity index (χ1) is 5.74. The Morgan fingerprint density at radius 3 is 2.83 bits per heavy atom. The third-order valence-corrected chi connectivity index (χ3v) is 2.48. The Morgan fingerprint density at radius 1 is 1.50 bits per heavy atom. The first kappa shape index (κ1) is 8.05. The minimum absolute atomic E-state index is 0.178. The van der Waals surface area contributed by atoms with Gasteiger partial charge in [-0.05, 0) is 12.8 Å². The molecule has 0 aliphatic heterocycles. The van der Waals surface area contributed by atoms with Gasteiger partial charge >= 0.3 is 0 Å². The summed E-state index contributed by atoms with van der Waals surface area (Å²) in [7, 11) is 0. The summed E-state index contributed by atoms with van der Waals surface area (Å²) in [5.41, 5.74) is 0.178. The minimum atomic E-state index is 0.178. The zero-order chi connectivity index (χ0) is 8.60. The second kappa shape index (κ2) is 2.73. The Morgan fingerprint density at radius 2 is 2.25 bits per heavy atom. The van der Waals surface area contributed by atoms with E-state index in [9.17, 15) is 0 Å². The van der Waals surface area contributed by atoms with Crippen LogP contribution in [-0.4, -0.2) is 16.1 Å². The lowest BCUT2D eigenvalue weighted by Gasteiger charge is -1.97. The van der Waals surface area contributed by atoms with E-state index in [0.717, 1.165) is 18.7 Å². The van der Waals surface area contributed by atoms with Crippen molar-refractivity contribution >= 4 is 11.6 Å². The van der Waals surface area contributed by atoms with E-state index in [-0.39, 0.29) is 5.41 Å². The molecule has 0 spiro atoms. The molecule has 0 amide bonds. The summed E-state index contributed by atoms with van der Waals surface area (Å²) >= 11 is 5.55. The Kier molecular flexibility index (Phi) is 1.83. The van der Waals surface area contributed by atoms with Crippen molar-refractivity contribution in [2.24, 2.45) is 0 Å². The molecule has 1 aromatic heterocycles. The summed E-state index contributed by atoms with van der Waals surface area (Å²) in [4.78, 5) is 0. The van der Waals surface area contributed by atoms with Crippen LogP contribution in [0.15, 0.2) is 4.42 Å². The molecule has 0 aromatic carbocycles. The Bertz CT molecular complexity index is 280. The van der Waals surface area contributed by atoms with E-state index in [1.165, 1.54) is 0 Å². The predicted octanol–water partition coefficient (Wildman–Crippen LogP) is 1.90. The lowest BCUT2D eigenvalue weighted by Crippen LogP contribution is -1.99. The van der Waals surface area contributed by atoms with Crippen LogP contribution in [0.2, 0.25) is 0 Å². The maximum atomic E-state index is 5.55. The second-order valence-electron chi connectivity index (χ2n) is 3.50. The normalized spacial score (nSPS) is 19.5. The lowest BCUT2D eigenvalue weighted by molar-refractivity contribution is 0.420. The Labute approximate surface area is 76.1 Å². The number of nitrogens with zero attached hydrogens (tertiary/aromatic N) is 2. The van der Waals surface area contributed by atoms with Gasteiger partial charge in [-0.2, -0.15) is 0 Å². The van der Waals surface area contributed by atoms with Crippen LogP contribution in [-0.2, 0) is 11.8 Å². The molecule has 1 aliphatic rings. The molecule has 1 aromatic rings. The molecule has 12 heavy (non-hydrogen) atoms. The Hall–Kier alpha value is -0.570. The van der Waals surface area contributed by atoms with Gasteiger partial charge in [0.1, 0.15) is 0 Å². The molecule has 0 atom stereocenters. The zero-order valence-corrected chi connectivity index (χ0v) is 7.76. The van der Waals surface area contributed by atoms with Gasteiger partial charge in [0, 0.05) is 17.7 Å². The molecular weight excluding hydrogens is 176 g/mol. The molecule has 2 rings (SSSR count). The molecule has 1 heterocycles. The number of halogens is 1. The average Bonchev–Trinajstić information content (AvgIpc) is 2.64. The van der Waals surface area contributed by atoms with Crippen LogP contribution in [0.25, 0.3) is 0 Å². The van der Waals surface area contributed by atoms with Crippen LogP contribution in [0.3, 0.4) is 0 Å². The molecule has 0 bridgehead atoms. The van der Waals surface area contributed by atoms with E-state index in [1.807, 2.05) is 0 Å². The molecule has 1 aliphatic carbocycles. The highest BCUT2D eigenvalue weighted by atomic mass is 35.5. The van der Waals surface area contributed by atoms with Gasteiger partial charge in [-0.1, -0.05) is 6.92 Å². The van der Waals surface area contributed by atoms with Crippen LogP contribution < -0.4 is 0 Å². The Balaban J connectivity index is 2.13. The molecule has 0 radical (unpaired) electrons. The molecule has 3 nitrogen and oxygen atoms in total. The maximum Gasteiger partial charge on any atom is 0.222 e. The summed E-state index contributed by atoms with van der Waals surface area (Å²) < 4.78 is 5.44. The van der Waals surface area contributed by atoms with E-state index in [1.54, 1.807) is 0 Å². The van der Waals surface area contributed by atoms with Crippen LogP contribution in [0.4, 0.5) is 0 Å². The highest BCUT2D eigenvalue weighted by Crippen LogP contribution is 2.46. The van der Waals surface area contributed by atoms with Crippen molar-refractivity contribution in [2.75, 3.05) is 5.88 Å². The summed E-state index contributed by atoms with van der Waals surface area (Å²) in [5.74, 6) is 1.98. The van der Waals surface area contributed by atoms with Crippen LogP contribution in [0.1, 0.15) is 31.5 Å². The largest absolute Gasteiger partial charge is 0.425 e. The number of aryl methyl sites for hydroxylation is 1. The fourth-order valence-corrected chi connectivity index (χ4v) is 1.24. The van der Waals surface area contributed by atoms with Crippen LogP contribution in [0.5, 0.6) is 0 Å². The molecule has 66 valence electrons. The minimum Gasteiger partial charge on any atom is -0.425 e. The van der Waals surface area contributed by atoms with Crippen molar-refractivity contribution in [1.82, 2.24) is 10.2 Å². The SMILES string of the molecule is CC1(c2nnc(CCCl)o2)CC1. The van der Waals surface area contributed by atoms with Gasteiger partial charge in [0.15, 0.2) is 0 Å². The van der Waals surface area contributed by atoms with Gasteiger partial charge in [-0.25, -0.2) is 0 Å². The van der Waals surface area contributed by atoms with E-state index in [4.69, 9.17) is 16.0 Å². The zero-order valence-electron chi connectivity index (χ0n) is 7.01. The number of aromatic nitrogens is 2. The van der Waals surface area contributed by atoms with Crippen molar-refractivity contribution in [3.05, 3.63) is 11.8 Å². The third kappa shape index (κ3) is 1.33. The average molecular weight is 187 g/mol. The van der Waals surface area contributed by atoms with Gasteiger partial charge in [0.05, 0.1) is 0 Å². The molecule has 0 saturated heterocycles. The van der Waals surface area contributed by atoms with Crippen molar-refractivity contribution in [3.63, 3.8) is 0 Å². The fourth-order valence-electron chi connectivity index (χ4n) is 1.08. The number of hydrogen-bond acceptors (Lipinski definition) is 3. The summed E-state index contributed by atoms with van der Waals surface area (Å²) in [5, 5.41) is 7.90. The summed E-state index contributed by atoms with van der Waals surface area (Å²) in [6.45, 7) is 2.14. The molecule has 1 saturated carbocycles. The highest BCUT2D eigenvalue weighted by molar-refractivity contribution is 6.17. The lowest BCUT2D eigenvalue weighted by atomic mass is 10.1. The number of rotatable bonds is 3. The van der Waals surface area contributed by atoms with Crippen molar-refractivity contribution in [2.45, 2.75) is 31.6 Å². The molecule has 0 unspecified atom stereocenters. The van der Waals surface area contributed by atoms with Gasteiger partial charge in [-0.15, -0.1) is 21.8 Å². The van der Waals surface area contributed by atoms with E-state index < -0.39 is 0 Å². The van der Waals surface area contributed by atoms with Gasteiger partial charge in [0.25, 0.3) is 0 Å². The molecule has 4 heteroatoms. The van der Waals surface area contributed by atoms with E-state index in [2.05, 4.69) is 17.1 Å². The third-order valence-electron chi connectivity index (χ3n) is 2.29. The predicted molar refractivity (Wildman–Crippen MR) is 45.3 cm³/mol. The smallest absolute Gasteiger partial charge is 0.222 e.